The molecule has 29 heavy (non-hydrogen) atoms. The molecule has 0 bridgehead atoms. The average Bonchev–Trinajstić information content (AvgIpc) is 2.71. The molecule has 0 unspecified atom stereocenters. The number of ether oxygens (including phenoxy) is 2. The van der Waals surface area contributed by atoms with Crippen molar-refractivity contribution in [3.8, 4) is 11.5 Å². The van der Waals surface area contributed by atoms with E-state index in [4.69, 9.17) is 9.47 Å². The molecule has 3 rings (SSSR count). The maximum Gasteiger partial charge on any atom is 0.419 e. The summed E-state index contributed by atoms with van der Waals surface area (Å²) in [6, 6.07) is 8.68. The van der Waals surface area contributed by atoms with E-state index in [1.54, 1.807) is 14.2 Å². The van der Waals surface area contributed by atoms with Crippen LogP contribution >= 0.6 is 0 Å². The third kappa shape index (κ3) is 5.00. The lowest BCUT2D eigenvalue weighted by atomic mass is 9.99. The van der Waals surface area contributed by atoms with Gasteiger partial charge in [0.2, 0.25) is 0 Å². The molecule has 1 saturated heterocycles. The van der Waals surface area contributed by atoms with Crippen LogP contribution in [0, 0.1) is 5.82 Å². The Morgan fingerprint density at radius 3 is 2.52 bits per heavy atom. The smallest absolute Gasteiger partial charge is 0.419 e. The Bertz CT molecular complexity index is 842. The zero-order valence-corrected chi connectivity index (χ0v) is 16.4. The maximum atomic E-state index is 13.7. The second-order valence-corrected chi connectivity index (χ2v) is 6.93. The molecule has 0 aliphatic carbocycles. The van der Waals surface area contributed by atoms with E-state index in [0.717, 1.165) is 24.2 Å². The molecular formula is C21H24F4N2O2. The van der Waals surface area contributed by atoms with Crippen molar-refractivity contribution < 1.29 is 27.0 Å². The molecule has 4 nitrogen and oxygen atoms in total. The fraction of sp³-hybridized carbons (Fsp3) is 0.429. The van der Waals surface area contributed by atoms with E-state index in [-0.39, 0.29) is 6.04 Å². The topological polar surface area (TPSA) is 33.7 Å². The summed E-state index contributed by atoms with van der Waals surface area (Å²) < 4.78 is 63.5. The van der Waals surface area contributed by atoms with Crippen molar-refractivity contribution in [2.45, 2.75) is 18.6 Å². The van der Waals surface area contributed by atoms with Crippen molar-refractivity contribution >= 4 is 0 Å². The number of benzene rings is 2. The number of alkyl halides is 3. The molecule has 0 amide bonds. The summed E-state index contributed by atoms with van der Waals surface area (Å²) in [5, 5.41) is 3.21. The van der Waals surface area contributed by atoms with Crippen LogP contribution in [0.2, 0.25) is 0 Å². The Balaban J connectivity index is 1.77. The number of methoxy groups -OCH3 is 2. The lowest BCUT2D eigenvalue weighted by molar-refractivity contribution is -0.140. The van der Waals surface area contributed by atoms with Crippen LogP contribution in [-0.4, -0.2) is 45.3 Å². The number of halogens is 4. The number of nitrogens with zero attached hydrogens (tertiary/aromatic N) is 1. The highest BCUT2D eigenvalue weighted by atomic mass is 19.4. The van der Waals surface area contributed by atoms with E-state index in [9.17, 15) is 17.6 Å². The van der Waals surface area contributed by atoms with Gasteiger partial charge in [0.25, 0.3) is 0 Å². The first kappa shape index (κ1) is 21.4. The first-order valence-electron chi connectivity index (χ1n) is 9.35. The van der Waals surface area contributed by atoms with Crippen LogP contribution in [0.3, 0.4) is 0 Å². The van der Waals surface area contributed by atoms with E-state index in [0.29, 0.717) is 43.1 Å². The van der Waals surface area contributed by atoms with E-state index in [1.165, 1.54) is 6.07 Å². The first-order chi connectivity index (χ1) is 13.8. The Morgan fingerprint density at radius 1 is 1.07 bits per heavy atom. The summed E-state index contributed by atoms with van der Waals surface area (Å²) in [6.45, 7) is 2.60. The van der Waals surface area contributed by atoms with Crippen LogP contribution < -0.4 is 14.8 Å². The summed E-state index contributed by atoms with van der Waals surface area (Å²) in [5.41, 5.74) is 0.272. The van der Waals surface area contributed by atoms with Crippen LogP contribution in [0.1, 0.15) is 22.7 Å². The number of piperazine rings is 1. The third-order valence-corrected chi connectivity index (χ3v) is 5.17. The SMILES string of the molecule is COc1ccc(CCN2CCNC[C@@H]2c2ccc(F)c(C(F)(F)F)c2)cc1OC. The van der Waals surface area contributed by atoms with Crippen molar-refractivity contribution in [3.63, 3.8) is 0 Å². The van der Waals surface area contributed by atoms with Gasteiger partial charge in [-0.25, -0.2) is 4.39 Å². The summed E-state index contributed by atoms with van der Waals surface area (Å²) in [5.74, 6) is 0.0272. The number of rotatable bonds is 6. The molecule has 1 N–H and O–H groups in total. The molecule has 0 spiro atoms. The van der Waals surface area contributed by atoms with Gasteiger partial charge in [-0.1, -0.05) is 12.1 Å². The van der Waals surface area contributed by atoms with Gasteiger partial charge in [-0.05, 0) is 41.8 Å². The summed E-state index contributed by atoms with van der Waals surface area (Å²) >= 11 is 0. The molecule has 0 saturated carbocycles. The fourth-order valence-electron chi connectivity index (χ4n) is 3.62. The highest BCUT2D eigenvalue weighted by Gasteiger charge is 2.35. The lowest BCUT2D eigenvalue weighted by Gasteiger charge is -2.37. The summed E-state index contributed by atoms with van der Waals surface area (Å²) in [7, 11) is 3.14. The standard InChI is InChI=1S/C21H24F4N2O2/c1-28-19-6-3-14(11-20(19)29-2)7-9-27-10-8-26-13-18(27)15-4-5-17(22)16(12-15)21(23,24)25/h3-6,11-12,18,26H,7-10,13H2,1-2H3/t18-/m1/s1. The van der Waals surface area contributed by atoms with Gasteiger partial charge in [0.05, 0.1) is 19.8 Å². The fourth-order valence-corrected chi connectivity index (χ4v) is 3.62. The molecule has 2 aromatic rings. The monoisotopic (exact) mass is 412 g/mol. The van der Waals surface area contributed by atoms with Gasteiger partial charge in [0, 0.05) is 32.2 Å². The van der Waals surface area contributed by atoms with Crippen molar-refractivity contribution in [1.82, 2.24) is 10.2 Å². The first-order valence-corrected chi connectivity index (χ1v) is 9.35. The molecule has 8 heteroatoms. The molecule has 158 valence electrons. The number of nitrogens with one attached hydrogen (secondary N) is 1. The Labute approximate surface area is 167 Å². The molecule has 0 radical (unpaired) electrons. The van der Waals surface area contributed by atoms with Crippen LogP contribution in [0.5, 0.6) is 11.5 Å². The highest BCUT2D eigenvalue weighted by molar-refractivity contribution is 5.43. The molecule has 1 atom stereocenters. The van der Waals surface area contributed by atoms with Crippen molar-refractivity contribution in [1.29, 1.82) is 0 Å². The molecule has 1 aliphatic rings. The molecular weight excluding hydrogens is 388 g/mol. The Morgan fingerprint density at radius 2 is 1.83 bits per heavy atom. The van der Waals surface area contributed by atoms with E-state index in [1.807, 2.05) is 18.2 Å². The van der Waals surface area contributed by atoms with Crippen molar-refractivity contribution in [3.05, 3.63) is 58.9 Å². The summed E-state index contributed by atoms with van der Waals surface area (Å²) in [6.07, 6.45) is -4.02. The minimum absolute atomic E-state index is 0.259. The normalized spacial score (nSPS) is 17.9. The molecule has 2 aromatic carbocycles. The largest absolute Gasteiger partial charge is 0.493 e. The third-order valence-electron chi connectivity index (χ3n) is 5.17. The lowest BCUT2D eigenvalue weighted by Crippen LogP contribution is -2.46. The van der Waals surface area contributed by atoms with E-state index >= 15 is 0 Å². The van der Waals surface area contributed by atoms with Crippen LogP contribution in [0.25, 0.3) is 0 Å². The zero-order valence-electron chi connectivity index (χ0n) is 16.4. The van der Waals surface area contributed by atoms with Gasteiger partial charge in [-0.2, -0.15) is 13.2 Å². The maximum absolute atomic E-state index is 13.7. The predicted molar refractivity (Wildman–Crippen MR) is 102 cm³/mol. The molecule has 1 fully saturated rings. The van der Waals surface area contributed by atoms with Gasteiger partial charge in [0.15, 0.2) is 11.5 Å². The van der Waals surface area contributed by atoms with E-state index in [2.05, 4.69) is 10.2 Å². The zero-order chi connectivity index (χ0) is 21.0. The second-order valence-electron chi connectivity index (χ2n) is 6.93. The Hall–Kier alpha value is -2.32. The van der Waals surface area contributed by atoms with Gasteiger partial charge < -0.3 is 14.8 Å². The van der Waals surface area contributed by atoms with Crippen LogP contribution in [-0.2, 0) is 12.6 Å². The van der Waals surface area contributed by atoms with Gasteiger partial charge >= 0.3 is 6.18 Å². The second kappa shape index (κ2) is 9.00. The highest BCUT2D eigenvalue weighted by Crippen LogP contribution is 2.34. The van der Waals surface area contributed by atoms with Crippen LogP contribution in [0.4, 0.5) is 17.6 Å². The average molecular weight is 412 g/mol. The number of hydrogen-bond acceptors (Lipinski definition) is 4. The predicted octanol–water partition coefficient (Wildman–Crippen LogP) is 4.05. The summed E-state index contributed by atoms with van der Waals surface area (Å²) in [4.78, 5) is 2.13. The van der Waals surface area contributed by atoms with Gasteiger partial charge in [-0.3, -0.25) is 4.90 Å². The minimum Gasteiger partial charge on any atom is -0.493 e. The number of hydrogen-bond donors (Lipinski definition) is 1. The van der Waals surface area contributed by atoms with Crippen LogP contribution in [0.15, 0.2) is 36.4 Å². The van der Waals surface area contributed by atoms with Gasteiger partial charge in [-0.15, -0.1) is 0 Å². The van der Waals surface area contributed by atoms with Gasteiger partial charge in [0.1, 0.15) is 5.82 Å². The van der Waals surface area contributed by atoms with Crippen molar-refractivity contribution in [2.24, 2.45) is 0 Å². The molecule has 1 heterocycles. The quantitative estimate of drug-likeness (QED) is 0.726. The van der Waals surface area contributed by atoms with E-state index < -0.39 is 17.6 Å². The Kier molecular flexibility index (Phi) is 6.64. The molecule has 0 aromatic heterocycles. The molecule has 1 aliphatic heterocycles. The minimum atomic E-state index is -4.72. The van der Waals surface area contributed by atoms with Crippen molar-refractivity contribution in [2.75, 3.05) is 40.4 Å².